The fraction of sp³-hybridized carbons (Fsp3) is 0.111. The van der Waals surface area contributed by atoms with Gasteiger partial charge in [0.2, 0.25) is 0 Å². The van der Waals surface area contributed by atoms with Crippen molar-refractivity contribution < 1.29 is 14.1 Å². The molecule has 0 aliphatic heterocycles. The summed E-state index contributed by atoms with van der Waals surface area (Å²) in [7, 11) is 0. The first kappa shape index (κ1) is 15.3. The van der Waals surface area contributed by atoms with Crippen LogP contribution in [0.1, 0.15) is 23.0 Å². The molecule has 2 aromatic carbocycles. The summed E-state index contributed by atoms with van der Waals surface area (Å²) in [5, 5.41) is 4.48. The lowest BCUT2D eigenvalue weighted by molar-refractivity contribution is 0.101. The van der Waals surface area contributed by atoms with E-state index in [0.29, 0.717) is 27.8 Å². The van der Waals surface area contributed by atoms with Crippen molar-refractivity contribution in [1.82, 2.24) is 5.16 Å². The molecular formula is C18H14ClNO3. The molecule has 0 bridgehead atoms. The Morgan fingerprint density at radius 1 is 1.17 bits per heavy atom. The molecule has 1 aromatic heterocycles. The lowest BCUT2D eigenvalue weighted by atomic mass is 10.1. The molecule has 1 heterocycles. The van der Waals surface area contributed by atoms with Crippen molar-refractivity contribution in [3.8, 4) is 17.1 Å². The second-order valence-corrected chi connectivity index (χ2v) is 5.47. The van der Waals surface area contributed by atoms with Crippen LogP contribution in [-0.2, 0) is 6.61 Å². The normalized spacial score (nSPS) is 10.5. The lowest BCUT2D eigenvalue weighted by Crippen LogP contribution is -2.01. The zero-order valence-electron chi connectivity index (χ0n) is 12.5. The molecule has 0 aliphatic rings. The smallest absolute Gasteiger partial charge is 0.167 e. The Morgan fingerprint density at radius 3 is 2.70 bits per heavy atom. The van der Waals surface area contributed by atoms with Crippen molar-refractivity contribution in [3.63, 3.8) is 0 Å². The van der Waals surface area contributed by atoms with Gasteiger partial charge in [-0.15, -0.1) is 0 Å². The molecule has 23 heavy (non-hydrogen) atoms. The molecule has 0 radical (unpaired) electrons. The second-order valence-electron chi connectivity index (χ2n) is 5.03. The van der Waals surface area contributed by atoms with Crippen LogP contribution in [0.3, 0.4) is 0 Å². The number of nitrogens with zero attached hydrogens (tertiary/aromatic N) is 1. The molecule has 0 atom stereocenters. The maximum absolute atomic E-state index is 11.6. The predicted molar refractivity (Wildman–Crippen MR) is 87.7 cm³/mol. The van der Waals surface area contributed by atoms with Gasteiger partial charge in [0.05, 0.1) is 5.56 Å². The lowest BCUT2D eigenvalue weighted by Gasteiger charge is -2.08. The summed E-state index contributed by atoms with van der Waals surface area (Å²) in [6, 6.07) is 16.5. The SMILES string of the molecule is CC(=O)c1cc(Cl)ccc1OCc1cc(-c2ccccc2)on1. The highest BCUT2D eigenvalue weighted by molar-refractivity contribution is 6.31. The van der Waals surface area contributed by atoms with E-state index in [-0.39, 0.29) is 12.4 Å². The molecule has 0 aliphatic carbocycles. The van der Waals surface area contributed by atoms with Crippen molar-refractivity contribution in [2.75, 3.05) is 0 Å². The largest absolute Gasteiger partial charge is 0.486 e. The number of ketones is 1. The van der Waals surface area contributed by atoms with Gasteiger partial charge in [-0.25, -0.2) is 0 Å². The Hall–Kier alpha value is -2.59. The van der Waals surface area contributed by atoms with Gasteiger partial charge in [0.15, 0.2) is 11.5 Å². The number of benzene rings is 2. The van der Waals surface area contributed by atoms with Gasteiger partial charge in [0.25, 0.3) is 0 Å². The van der Waals surface area contributed by atoms with Crippen LogP contribution >= 0.6 is 11.6 Å². The van der Waals surface area contributed by atoms with E-state index in [1.165, 1.54) is 6.92 Å². The predicted octanol–water partition coefficient (Wildman–Crippen LogP) is 4.78. The molecule has 0 unspecified atom stereocenters. The summed E-state index contributed by atoms with van der Waals surface area (Å²) >= 11 is 5.91. The summed E-state index contributed by atoms with van der Waals surface area (Å²) in [5.74, 6) is 1.05. The number of halogens is 1. The molecule has 3 aromatic rings. The summed E-state index contributed by atoms with van der Waals surface area (Å²) in [6.45, 7) is 1.68. The zero-order valence-corrected chi connectivity index (χ0v) is 13.2. The van der Waals surface area contributed by atoms with E-state index in [9.17, 15) is 4.79 Å². The molecule has 0 saturated carbocycles. The van der Waals surface area contributed by atoms with Crippen LogP contribution in [0.2, 0.25) is 5.02 Å². The number of Topliss-reactive ketones (excluding diaryl/α,β-unsaturated/α-hetero) is 1. The molecular weight excluding hydrogens is 314 g/mol. The van der Waals surface area contributed by atoms with Gasteiger partial charge in [-0.3, -0.25) is 4.79 Å². The molecule has 4 nitrogen and oxygen atoms in total. The van der Waals surface area contributed by atoms with E-state index < -0.39 is 0 Å². The Kier molecular flexibility index (Phi) is 4.44. The van der Waals surface area contributed by atoms with Crippen molar-refractivity contribution in [2.24, 2.45) is 0 Å². The van der Waals surface area contributed by atoms with E-state index in [2.05, 4.69) is 5.16 Å². The first-order valence-corrected chi connectivity index (χ1v) is 7.45. The Labute approximate surface area is 138 Å². The van der Waals surface area contributed by atoms with Gasteiger partial charge < -0.3 is 9.26 Å². The minimum Gasteiger partial charge on any atom is -0.486 e. The molecule has 5 heteroatoms. The Bertz CT molecular complexity index is 827. The fourth-order valence-electron chi connectivity index (χ4n) is 2.17. The highest BCUT2D eigenvalue weighted by Crippen LogP contribution is 2.25. The summed E-state index contributed by atoms with van der Waals surface area (Å²) in [5.41, 5.74) is 2.04. The summed E-state index contributed by atoms with van der Waals surface area (Å²) in [4.78, 5) is 11.6. The second kappa shape index (κ2) is 6.67. The van der Waals surface area contributed by atoms with Crippen molar-refractivity contribution >= 4 is 17.4 Å². The standard InChI is InChI=1S/C18H14ClNO3/c1-12(21)16-9-14(19)7-8-17(16)22-11-15-10-18(23-20-15)13-5-3-2-4-6-13/h2-10H,11H2,1H3. The maximum Gasteiger partial charge on any atom is 0.167 e. The Morgan fingerprint density at radius 2 is 1.96 bits per heavy atom. The summed E-state index contributed by atoms with van der Waals surface area (Å²) in [6.07, 6.45) is 0. The van der Waals surface area contributed by atoms with Gasteiger partial charge >= 0.3 is 0 Å². The molecule has 0 N–H and O–H groups in total. The van der Waals surface area contributed by atoms with E-state index in [1.54, 1.807) is 18.2 Å². The van der Waals surface area contributed by atoms with Crippen LogP contribution in [-0.4, -0.2) is 10.9 Å². The summed E-state index contributed by atoms with van der Waals surface area (Å²) < 4.78 is 11.0. The van der Waals surface area contributed by atoms with E-state index in [1.807, 2.05) is 36.4 Å². The number of carbonyl (C=O) groups is 1. The van der Waals surface area contributed by atoms with E-state index in [4.69, 9.17) is 20.9 Å². The molecule has 0 saturated heterocycles. The number of hydrogen-bond acceptors (Lipinski definition) is 4. The van der Waals surface area contributed by atoms with Crippen LogP contribution in [0, 0.1) is 0 Å². The highest BCUT2D eigenvalue weighted by Gasteiger charge is 2.11. The van der Waals surface area contributed by atoms with Crippen LogP contribution in [0.4, 0.5) is 0 Å². The maximum atomic E-state index is 11.6. The fourth-order valence-corrected chi connectivity index (χ4v) is 2.35. The van der Waals surface area contributed by atoms with Gasteiger partial charge in [-0.1, -0.05) is 47.1 Å². The quantitative estimate of drug-likeness (QED) is 0.633. The molecule has 3 rings (SSSR count). The van der Waals surface area contributed by atoms with Crippen LogP contribution in [0.5, 0.6) is 5.75 Å². The van der Waals surface area contributed by atoms with Crippen molar-refractivity contribution in [1.29, 1.82) is 0 Å². The van der Waals surface area contributed by atoms with Gasteiger partial charge in [0.1, 0.15) is 18.1 Å². The van der Waals surface area contributed by atoms with Crippen molar-refractivity contribution in [3.05, 3.63) is 70.9 Å². The first-order valence-electron chi connectivity index (χ1n) is 7.08. The third-order valence-electron chi connectivity index (χ3n) is 3.31. The van der Waals surface area contributed by atoms with Crippen LogP contribution in [0.15, 0.2) is 59.1 Å². The molecule has 0 spiro atoms. The monoisotopic (exact) mass is 327 g/mol. The Balaban J connectivity index is 1.75. The average molecular weight is 328 g/mol. The topological polar surface area (TPSA) is 52.3 Å². The third kappa shape index (κ3) is 3.60. The third-order valence-corrected chi connectivity index (χ3v) is 3.55. The number of hydrogen-bond donors (Lipinski definition) is 0. The minimum atomic E-state index is -0.104. The van der Waals surface area contributed by atoms with E-state index >= 15 is 0 Å². The van der Waals surface area contributed by atoms with Gasteiger partial charge in [0, 0.05) is 16.7 Å². The molecule has 116 valence electrons. The van der Waals surface area contributed by atoms with Crippen LogP contribution < -0.4 is 4.74 Å². The van der Waals surface area contributed by atoms with Crippen molar-refractivity contribution in [2.45, 2.75) is 13.5 Å². The number of rotatable bonds is 5. The van der Waals surface area contributed by atoms with Gasteiger partial charge in [-0.2, -0.15) is 0 Å². The van der Waals surface area contributed by atoms with E-state index in [0.717, 1.165) is 5.56 Å². The minimum absolute atomic E-state index is 0.104. The molecule has 0 fully saturated rings. The average Bonchev–Trinajstić information content (AvgIpc) is 3.03. The highest BCUT2D eigenvalue weighted by atomic mass is 35.5. The molecule has 0 amide bonds. The number of aromatic nitrogens is 1. The first-order chi connectivity index (χ1) is 11.1. The van der Waals surface area contributed by atoms with Crippen LogP contribution in [0.25, 0.3) is 11.3 Å². The van der Waals surface area contributed by atoms with Gasteiger partial charge in [-0.05, 0) is 25.1 Å². The number of carbonyl (C=O) groups excluding carboxylic acids is 1. The number of ether oxygens (including phenoxy) is 1. The zero-order chi connectivity index (χ0) is 16.2.